The molecule has 0 rings (SSSR count). The highest BCUT2D eigenvalue weighted by Crippen LogP contribution is 2.10. The van der Waals surface area contributed by atoms with Crippen LogP contribution in [0.25, 0.3) is 0 Å². The van der Waals surface area contributed by atoms with Crippen LogP contribution < -0.4 is 0 Å². The molecule has 0 aliphatic carbocycles. The molecule has 0 aromatic heterocycles. The van der Waals surface area contributed by atoms with E-state index in [0.29, 0.717) is 6.42 Å². The van der Waals surface area contributed by atoms with Crippen molar-refractivity contribution in [2.45, 2.75) is 77.2 Å². The molecule has 0 saturated carbocycles. The second-order valence-corrected chi connectivity index (χ2v) is 5.21. The van der Waals surface area contributed by atoms with Gasteiger partial charge in [0.05, 0.1) is 0 Å². The van der Waals surface area contributed by atoms with Gasteiger partial charge in [-0.2, -0.15) is 0 Å². The molecule has 0 saturated heterocycles. The fraction of sp³-hybridized carbons (Fsp3) is 0.933. The van der Waals surface area contributed by atoms with Gasteiger partial charge in [-0.3, -0.25) is 10.1 Å². The number of carbonyl (C=O) groups excluding carboxylic acids is 1. The number of esters is 1. The Bertz CT molecular complexity index is 220. The predicted molar refractivity (Wildman–Crippen MR) is 77.4 cm³/mol. The summed E-state index contributed by atoms with van der Waals surface area (Å²) in [5, 5.41) is 17.3. The molecule has 1 unspecified atom stereocenters. The maximum Gasteiger partial charge on any atom is 0.305 e. The van der Waals surface area contributed by atoms with Crippen molar-refractivity contribution in [3.8, 4) is 0 Å². The van der Waals surface area contributed by atoms with Crippen LogP contribution in [0.5, 0.6) is 0 Å². The topological polar surface area (TPSA) is 76.0 Å². The molecule has 120 valence electrons. The maximum absolute atomic E-state index is 11.3. The molecule has 0 spiro atoms. The van der Waals surface area contributed by atoms with E-state index in [0.717, 1.165) is 12.8 Å². The van der Waals surface area contributed by atoms with Gasteiger partial charge in [-0.25, -0.2) is 4.89 Å². The van der Waals surface area contributed by atoms with Gasteiger partial charge in [0, 0.05) is 6.42 Å². The molecular formula is C15H30O5. The number of carbonyl (C=O) groups is 1. The molecule has 0 amide bonds. The fourth-order valence-corrected chi connectivity index (χ4v) is 1.98. The molecule has 0 fully saturated rings. The molecule has 0 heterocycles. The number of aliphatic hydroxyl groups is 1. The van der Waals surface area contributed by atoms with Gasteiger partial charge in [-0.05, 0) is 6.42 Å². The highest BCUT2D eigenvalue weighted by molar-refractivity contribution is 5.69. The minimum Gasteiger partial charge on any atom is -0.463 e. The summed E-state index contributed by atoms with van der Waals surface area (Å²) in [6.45, 7) is 1.84. The molecule has 1 atom stereocenters. The van der Waals surface area contributed by atoms with Crippen molar-refractivity contribution in [1.29, 1.82) is 0 Å². The third-order valence-corrected chi connectivity index (χ3v) is 3.19. The molecule has 0 aromatic rings. The molecular weight excluding hydrogens is 260 g/mol. The van der Waals surface area contributed by atoms with E-state index in [-0.39, 0.29) is 19.2 Å². The Morgan fingerprint density at radius 2 is 1.50 bits per heavy atom. The van der Waals surface area contributed by atoms with E-state index in [1.54, 1.807) is 0 Å². The summed E-state index contributed by atoms with van der Waals surface area (Å²) in [6, 6.07) is 0. The van der Waals surface area contributed by atoms with Gasteiger partial charge in [0.2, 0.25) is 0 Å². The summed E-state index contributed by atoms with van der Waals surface area (Å²) < 4.78 is 4.85. The van der Waals surface area contributed by atoms with Gasteiger partial charge in [-0.1, -0.05) is 58.3 Å². The minimum absolute atomic E-state index is 0.128. The Balaban J connectivity index is 3.23. The van der Waals surface area contributed by atoms with Crippen LogP contribution in [0.2, 0.25) is 0 Å². The van der Waals surface area contributed by atoms with E-state index in [2.05, 4.69) is 11.8 Å². The summed E-state index contributed by atoms with van der Waals surface area (Å²) in [4.78, 5) is 15.1. The zero-order valence-corrected chi connectivity index (χ0v) is 12.7. The quantitative estimate of drug-likeness (QED) is 0.222. The second kappa shape index (κ2) is 14.8. The van der Waals surface area contributed by atoms with Gasteiger partial charge < -0.3 is 9.84 Å². The normalized spacial score (nSPS) is 12.3. The van der Waals surface area contributed by atoms with Crippen molar-refractivity contribution in [2.24, 2.45) is 0 Å². The lowest BCUT2D eigenvalue weighted by Crippen LogP contribution is -2.23. The van der Waals surface area contributed by atoms with Gasteiger partial charge in [0.1, 0.15) is 19.3 Å². The molecule has 0 radical (unpaired) electrons. The first-order valence-electron chi connectivity index (χ1n) is 7.80. The lowest BCUT2D eigenvalue weighted by molar-refractivity contribution is -0.259. The van der Waals surface area contributed by atoms with Crippen LogP contribution >= 0.6 is 0 Å². The van der Waals surface area contributed by atoms with Gasteiger partial charge in [0.25, 0.3) is 0 Å². The number of ether oxygens (including phenoxy) is 1. The molecule has 20 heavy (non-hydrogen) atoms. The Kier molecular flexibility index (Phi) is 14.3. The molecule has 2 N–H and O–H groups in total. The van der Waals surface area contributed by atoms with Crippen molar-refractivity contribution < 1.29 is 24.8 Å². The van der Waals surface area contributed by atoms with Gasteiger partial charge in [-0.15, -0.1) is 0 Å². The average Bonchev–Trinajstić information content (AvgIpc) is 2.43. The lowest BCUT2D eigenvalue weighted by atomic mass is 10.1. The molecule has 5 heteroatoms. The van der Waals surface area contributed by atoms with Crippen LogP contribution in [-0.2, 0) is 14.4 Å². The molecule has 5 nitrogen and oxygen atoms in total. The summed E-state index contributed by atoms with van der Waals surface area (Å²) in [5.74, 6) is -0.301. The molecule has 0 aromatic carbocycles. The first kappa shape index (κ1) is 19.4. The van der Waals surface area contributed by atoms with Crippen molar-refractivity contribution in [2.75, 3.05) is 13.2 Å². The number of hydrogen-bond donors (Lipinski definition) is 2. The van der Waals surface area contributed by atoms with E-state index in [1.807, 2.05) is 0 Å². The fourth-order valence-electron chi connectivity index (χ4n) is 1.98. The van der Waals surface area contributed by atoms with E-state index >= 15 is 0 Å². The van der Waals surface area contributed by atoms with Crippen molar-refractivity contribution in [3.05, 3.63) is 0 Å². The largest absolute Gasteiger partial charge is 0.463 e. The Hall–Kier alpha value is -0.650. The molecule has 0 aliphatic rings. The first-order chi connectivity index (χ1) is 9.70. The summed E-state index contributed by atoms with van der Waals surface area (Å²) in [7, 11) is 0. The van der Waals surface area contributed by atoms with Crippen LogP contribution in [0.1, 0.15) is 71.1 Å². The molecule has 0 bridgehead atoms. The van der Waals surface area contributed by atoms with E-state index in [9.17, 15) is 4.79 Å². The van der Waals surface area contributed by atoms with Crippen molar-refractivity contribution in [1.82, 2.24) is 0 Å². The van der Waals surface area contributed by atoms with E-state index in [4.69, 9.17) is 15.1 Å². The first-order valence-corrected chi connectivity index (χ1v) is 7.80. The van der Waals surface area contributed by atoms with E-state index < -0.39 is 6.10 Å². The third-order valence-electron chi connectivity index (χ3n) is 3.19. The van der Waals surface area contributed by atoms with Crippen LogP contribution in [0, 0.1) is 0 Å². The standard InChI is InChI=1S/C15H30O5/c1-2-3-4-5-6-7-8-9-10-11-15(17)19-12-14(16)13-20-18/h14,16,18H,2-13H2,1H3. The van der Waals surface area contributed by atoms with E-state index in [1.165, 1.54) is 44.9 Å². The second-order valence-electron chi connectivity index (χ2n) is 5.21. The summed E-state index contributed by atoms with van der Waals surface area (Å²) >= 11 is 0. The third kappa shape index (κ3) is 13.8. The smallest absolute Gasteiger partial charge is 0.305 e. The maximum atomic E-state index is 11.3. The molecule has 0 aliphatic heterocycles. The Morgan fingerprint density at radius 3 is 2.05 bits per heavy atom. The monoisotopic (exact) mass is 290 g/mol. The minimum atomic E-state index is -0.966. The van der Waals surface area contributed by atoms with Crippen molar-refractivity contribution >= 4 is 5.97 Å². The number of rotatable bonds is 14. The summed E-state index contributed by atoms with van der Waals surface area (Å²) in [5.41, 5.74) is 0. The van der Waals surface area contributed by atoms with Crippen molar-refractivity contribution in [3.63, 3.8) is 0 Å². The van der Waals surface area contributed by atoms with Crippen LogP contribution in [0.4, 0.5) is 0 Å². The van der Waals surface area contributed by atoms with Crippen LogP contribution in [-0.4, -0.2) is 35.7 Å². The highest BCUT2D eigenvalue weighted by Gasteiger charge is 2.08. The Morgan fingerprint density at radius 1 is 0.950 bits per heavy atom. The zero-order valence-electron chi connectivity index (χ0n) is 12.7. The Labute approximate surface area is 122 Å². The lowest BCUT2D eigenvalue weighted by Gasteiger charge is -2.09. The SMILES string of the molecule is CCCCCCCCCCCC(=O)OCC(O)COO. The number of hydrogen-bond acceptors (Lipinski definition) is 5. The van der Waals surface area contributed by atoms with Gasteiger partial charge >= 0.3 is 5.97 Å². The number of aliphatic hydroxyl groups excluding tert-OH is 1. The average molecular weight is 290 g/mol. The van der Waals surface area contributed by atoms with Crippen LogP contribution in [0.15, 0.2) is 0 Å². The van der Waals surface area contributed by atoms with Gasteiger partial charge in [0.15, 0.2) is 0 Å². The zero-order chi connectivity index (χ0) is 15.1. The summed E-state index contributed by atoms with van der Waals surface area (Å²) in [6.07, 6.45) is 10.3. The highest BCUT2D eigenvalue weighted by atomic mass is 17.1. The van der Waals surface area contributed by atoms with Crippen LogP contribution in [0.3, 0.4) is 0 Å². The number of unbranched alkanes of at least 4 members (excludes halogenated alkanes) is 8. The predicted octanol–water partition coefficient (Wildman–Crippen LogP) is 3.30.